The van der Waals surface area contributed by atoms with Crippen LogP contribution in [0.25, 0.3) is 0 Å². The Balaban J connectivity index is 1.60. The van der Waals surface area contributed by atoms with E-state index in [1.165, 1.54) is 24.0 Å². The second-order valence-corrected chi connectivity index (χ2v) is 7.03. The van der Waals surface area contributed by atoms with E-state index in [-0.39, 0.29) is 6.54 Å². The van der Waals surface area contributed by atoms with Crippen LogP contribution in [0.1, 0.15) is 11.1 Å². The van der Waals surface area contributed by atoms with Crippen molar-refractivity contribution in [2.75, 3.05) is 39.2 Å². The number of hydrogen-bond donors (Lipinski definition) is 1. The van der Waals surface area contributed by atoms with Gasteiger partial charge in [-0.3, -0.25) is 14.4 Å². The number of ether oxygens (including phenoxy) is 2. The number of carbonyl (C=O) groups excluding carboxylic acids is 3. The summed E-state index contributed by atoms with van der Waals surface area (Å²) in [6.45, 7) is 2.81. The predicted molar refractivity (Wildman–Crippen MR) is 111 cm³/mol. The fraction of sp³-hybridized carbons (Fsp3) is 0.318. The SMILES string of the molecule is COc1cc(NC(=O)CN2CCN(Cc3ccccc3C)C(=O)C2=O)cc(OC)c1. The molecule has 0 aliphatic carbocycles. The lowest BCUT2D eigenvalue weighted by Crippen LogP contribution is -2.55. The maximum Gasteiger partial charge on any atom is 0.312 e. The van der Waals surface area contributed by atoms with Gasteiger partial charge in [0.25, 0.3) is 0 Å². The molecule has 8 heteroatoms. The van der Waals surface area contributed by atoms with E-state index in [4.69, 9.17) is 9.47 Å². The highest BCUT2D eigenvalue weighted by atomic mass is 16.5. The maximum atomic E-state index is 12.5. The van der Waals surface area contributed by atoms with Crippen molar-refractivity contribution in [3.05, 3.63) is 53.6 Å². The molecule has 3 amide bonds. The van der Waals surface area contributed by atoms with Gasteiger partial charge in [-0.05, 0) is 18.1 Å². The van der Waals surface area contributed by atoms with E-state index in [1.807, 2.05) is 31.2 Å². The molecular weight excluding hydrogens is 386 g/mol. The van der Waals surface area contributed by atoms with Crippen LogP contribution in [0.2, 0.25) is 0 Å². The lowest BCUT2D eigenvalue weighted by molar-refractivity contribution is -0.157. The Hall–Kier alpha value is -3.55. The van der Waals surface area contributed by atoms with Gasteiger partial charge < -0.3 is 24.6 Å². The van der Waals surface area contributed by atoms with Gasteiger partial charge in [-0.2, -0.15) is 0 Å². The molecule has 2 aromatic rings. The molecule has 1 aliphatic rings. The molecule has 0 atom stereocenters. The Morgan fingerprint density at radius 2 is 1.57 bits per heavy atom. The third-order valence-corrected chi connectivity index (χ3v) is 4.99. The quantitative estimate of drug-likeness (QED) is 0.703. The number of aryl methyl sites for hydroxylation is 1. The summed E-state index contributed by atoms with van der Waals surface area (Å²) in [6.07, 6.45) is 0. The fourth-order valence-electron chi connectivity index (χ4n) is 3.26. The highest BCUT2D eigenvalue weighted by Crippen LogP contribution is 2.25. The van der Waals surface area contributed by atoms with E-state index < -0.39 is 17.7 Å². The molecular formula is C22H25N3O5. The fourth-order valence-corrected chi connectivity index (χ4v) is 3.26. The number of nitrogens with one attached hydrogen (secondary N) is 1. The topological polar surface area (TPSA) is 88.2 Å². The average molecular weight is 411 g/mol. The van der Waals surface area contributed by atoms with Gasteiger partial charge in [0.1, 0.15) is 18.0 Å². The maximum absolute atomic E-state index is 12.5. The lowest BCUT2D eigenvalue weighted by Gasteiger charge is -2.33. The van der Waals surface area contributed by atoms with Crippen molar-refractivity contribution < 1.29 is 23.9 Å². The van der Waals surface area contributed by atoms with E-state index in [0.29, 0.717) is 36.8 Å². The summed E-state index contributed by atoms with van der Waals surface area (Å²) < 4.78 is 10.4. The summed E-state index contributed by atoms with van der Waals surface area (Å²) in [4.78, 5) is 40.3. The third-order valence-electron chi connectivity index (χ3n) is 4.99. The van der Waals surface area contributed by atoms with Crippen molar-refractivity contribution >= 4 is 23.4 Å². The summed E-state index contributed by atoms with van der Waals surface area (Å²) in [5.41, 5.74) is 2.54. The van der Waals surface area contributed by atoms with Crippen molar-refractivity contribution in [3.63, 3.8) is 0 Å². The van der Waals surface area contributed by atoms with Gasteiger partial charge in [0.05, 0.1) is 14.2 Å². The molecule has 2 aromatic carbocycles. The smallest absolute Gasteiger partial charge is 0.312 e. The summed E-state index contributed by atoms with van der Waals surface area (Å²) in [6, 6.07) is 12.7. The van der Waals surface area contributed by atoms with Crippen molar-refractivity contribution in [1.82, 2.24) is 9.80 Å². The van der Waals surface area contributed by atoms with Crippen molar-refractivity contribution in [2.24, 2.45) is 0 Å². The number of methoxy groups -OCH3 is 2. The third kappa shape index (κ3) is 4.89. The first-order valence-corrected chi connectivity index (χ1v) is 9.57. The van der Waals surface area contributed by atoms with Crippen LogP contribution >= 0.6 is 0 Å². The molecule has 0 bridgehead atoms. The van der Waals surface area contributed by atoms with E-state index in [0.717, 1.165) is 11.1 Å². The minimum absolute atomic E-state index is 0.206. The van der Waals surface area contributed by atoms with Gasteiger partial charge in [-0.15, -0.1) is 0 Å². The molecule has 1 N–H and O–H groups in total. The predicted octanol–water partition coefficient (Wildman–Crippen LogP) is 1.82. The molecule has 8 nitrogen and oxygen atoms in total. The molecule has 30 heavy (non-hydrogen) atoms. The van der Waals surface area contributed by atoms with Crippen LogP contribution in [0.15, 0.2) is 42.5 Å². The molecule has 1 fully saturated rings. The van der Waals surface area contributed by atoms with Crippen molar-refractivity contribution in [1.29, 1.82) is 0 Å². The zero-order chi connectivity index (χ0) is 21.7. The number of amides is 3. The molecule has 0 aromatic heterocycles. The second kappa shape index (κ2) is 9.30. The van der Waals surface area contributed by atoms with Gasteiger partial charge in [-0.25, -0.2) is 0 Å². The van der Waals surface area contributed by atoms with Gasteiger partial charge in [0, 0.05) is 43.5 Å². The first-order chi connectivity index (χ1) is 14.4. The summed E-state index contributed by atoms with van der Waals surface area (Å²) in [5.74, 6) is -0.617. The van der Waals surface area contributed by atoms with Gasteiger partial charge >= 0.3 is 11.8 Å². The Morgan fingerprint density at radius 3 is 2.20 bits per heavy atom. The van der Waals surface area contributed by atoms with Gasteiger partial charge in [-0.1, -0.05) is 24.3 Å². The van der Waals surface area contributed by atoms with Crippen LogP contribution in [0.3, 0.4) is 0 Å². The Morgan fingerprint density at radius 1 is 0.967 bits per heavy atom. The Kier molecular flexibility index (Phi) is 6.56. The lowest BCUT2D eigenvalue weighted by atomic mass is 10.1. The van der Waals surface area contributed by atoms with Crippen molar-refractivity contribution in [3.8, 4) is 11.5 Å². The number of piperazine rings is 1. The number of benzene rings is 2. The van der Waals surface area contributed by atoms with Gasteiger partial charge in [0.15, 0.2) is 0 Å². The van der Waals surface area contributed by atoms with Crippen LogP contribution < -0.4 is 14.8 Å². The molecule has 0 spiro atoms. The van der Waals surface area contributed by atoms with Gasteiger partial charge in [0.2, 0.25) is 5.91 Å². The van der Waals surface area contributed by atoms with Crippen LogP contribution in [0.5, 0.6) is 11.5 Å². The molecule has 1 heterocycles. The normalized spacial score (nSPS) is 14.0. The minimum Gasteiger partial charge on any atom is -0.497 e. The monoisotopic (exact) mass is 411 g/mol. The van der Waals surface area contributed by atoms with E-state index in [1.54, 1.807) is 18.2 Å². The molecule has 1 saturated heterocycles. The second-order valence-electron chi connectivity index (χ2n) is 7.03. The van der Waals surface area contributed by atoms with Crippen LogP contribution in [-0.4, -0.2) is 61.4 Å². The average Bonchev–Trinajstić information content (AvgIpc) is 2.74. The zero-order valence-electron chi connectivity index (χ0n) is 17.3. The van der Waals surface area contributed by atoms with Crippen LogP contribution in [-0.2, 0) is 20.9 Å². The first-order valence-electron chi connectivity index (χ1n) is 9.57. The number of rotatable bonds is 7. The highest BCUT2D eigenvalue weighted by Gasteiger charge is 2.33. The summed E-state index contributed by atoms with van der Waals surface area (Å²) >= 11 is 0. The number of carbonyl (C=O) groups is 3. The minimum atomic E-state index is -0.673. The molecule has 0 saturated carbocycles. The number of nitrogens with zero attached hydrogens (tertiary/aromatic N) is 2. The van der Waals surface area contributed by atoms with E-state index in [2.05, 4.69) is 5.32 Å². The largest absolute Gasteiger partial charge is 0.497 e. The molecule has 158 valence electrons. The number of hydrogen-bond acceptors (Lipinski definition) is 5. The number of anilines is 1. The molecule has 0 radical (unpaired) electrons. The molecule has 3 rings (SSSR count). The molecule has 1 aliphatic heterocycles. The van der Waals surface area contributed by atoms with E-state index in [9.17, 15) is 14.4 Å². The van der Waals surface area contributed by atoms with Crippen LogP contribution in [0, 0.1) is 6.92 Å². The summed E-state index contributed by atoms with van der Waals surface area (Å²) in [7, 11) is 3.03. The van der Waals surface area contributed by atoms with Crippen molar-refractivity contribution in [2.45, 2.75) is 13.5 Å². The Bertz CT molecular complexity index is 937. The molecule has 0 unspecified atom stereocenters. The highest BCUT2D eigenvalue weighted by molar-refractivity contribution is 6.35. The zero-order valence-corrected chi connectivity index (χ0v) is 17.3. The summed E-state index contributed by atoms with van der Waals surface area (Å²) in [5, 5.41) is 2.71. The first kappa shape index (κ1) is 21.2. The van der Waals surface area contributed by atoms with E-state index >= 15 is 0 Å². The van der Waals surface area contributed by atoms with Crippen LogP contribution in [0.4, 0.5) is 5.69 Å². The Labute approximate surface area is 175 Å². The standard InChI is InChI=1S/C22H25N3O5/c1-15-6-4-5-7-16(15)13-24-8-9-25(22(28)21(24)27)14-20(26)23-17-10-18(29-2)12-19(11-17)30-3/h4-7,10-12H,8-9,13-14H2,1-3H3,(H,23,26).